The van der Waals surface area contributed by atoms with Crippen molar-refractivity contribution in [3.05, 3.63) is 66.3 Å². The number of carbonyl (C=O) groups excluding carboxylic acids is 1. The molecule has 20 heavy (non-hydrogen) atoms. The number of benzene rings is 1. The van der Waals surface area contributed by atoms with Gasteiger partial charge in [-0.1, -0.05) is 60.7 Å². The van der Waals surface area contributed by atoms with Crippen LogP contribution in [0.1, 0.15) is 18.9 Å². The molecule has 106 valence electrons. The largest absolute Gasteiger partial charge is 0.463 e. The van der Waals surface area contributed by atoms with Crippen molar-refractivity contribution in [1.82, 2.24) is 0 Å². The van der Waals surface area contributed by atoms with Crippen LogP contribution in [0.3, 0.4) is 0 Å². The summed E-state index contributed by atoms with van der Waals surface area (Å²) in [7, 11) is 0. The van der Waals surface area contributed by atoms with Gasteiger partial charge in [0.25, 0.3) is 0 Å². The van der Waals surface area contributed by atoms with Crippen molar-refractivity contribution in [3.63, 3.8) is 0 Å². The van der Waals surface area contributed by atoms with Gasteiger partial charge in [0.05, 0.1) is 12.7 Å². The van der Waals surface area contributed by atoms with E-state index in [-0.39, 0.29) is 5.97 Å². The van der Waals surface area contributed by atoms with Crippen LogP contribution >= 0.6 is 0 Å². The van der Waals surface area contributed by atoms with Crippen molar-refractivity contribution in [3.8, 4) is 0 Å². The molecule has 0 aromatic heterocycles. The molecule has 0 aliphatic carbocycles. The molecule has 1 unspecified atom stereocenters. The highest BCUT2D eigenvalue weighted by molar-refractivity contribution is 5.82. The Morgan fingerprint density at radius 2 is 2.05 bits per heavy atom. The fourth-order valence-electron chi connectivity index (χ4n) is 1.49. The second kappa shape index (κ2) is 9.75. The number of aliphatic hydroxyl groups excluding tert-OH is 1. The lowest BCUT2D eigenvalue weighted by molar-refractivity contribution is -0.137. The Morgan fingerprint density at radius 1 is 1.30 bits per heavy atom. The van der Waals surface area contributed by atoms with Crippen molar-refractivity contribution in [2.24, 2.45) is 0 Å². The molecule has 0 heterocycles. The molecule has 1 rings (SSSR count). The van der Waals surface area contributed by atoms with Gasteiger partial charge in [-0.2, -0.15) is 0 Å². The predicted molar refractivity (Wildman–Crippen MR) is 81.0 cm³/mol. The van der Waals surface area contributed by atoms with E-state index in [9.17, 15) is 9.90 Å². The molecule has 1 atom stereocenters. The van der Waals surface area contributed by atoms with Crippen LogP contribution in [0.15, 0.2) is 60.7 Å². The molecule has 1 aromatic rings. The minimum Gasteiger partial charge on any atom is -0.463 e. The second-order valence-electron chi connectivity index (χ2n) is 4.11. The molecule has 0 bridgehead atoms. The maximum absolute atomic E-state index is 11.0. The van der Waals surface area contributed by atoms with E-state index in [0.717, 1.165) is 5.56 Å². The summed E-state index contributed by atoms with van der Waals surface area (Å²) in [6, 6.07) is 9.80. The predicted octanol–water partition coefficient (Wildman–Crippen LogP) is 3.13. The Morgan fingerprint density at radius 3 is 2.75 bits per heavy atom. The molecule has 1 N–H and O–H groups in total. The first kappa shape index (κ1) is 15.9. The SMILES string of the molecule is CCOC(=O)/C=C\C=C/CC(O)/C=C/c1ccccc1. The molecule has 3 nitrogen and oxygen atoms in total. The minimum atomic E-state index is -0.539. The Kier molecular flexibility index (Phi) is 7.77. The zero-order chi connectivity index (χ0) is 14.6. The van der Waals surface area contributed by atoms with E-state index in [2.05, 4.69) is 0 Å². The molecule has 0 saturated carbocycles. The number of allylic oxidation sites excluding steroid dienone is 2. The second-order valence-corrected chi connectivity index (χ2v) is 4.11. The first-order valence-electron chi connectivity index (χ1n) is 6.63. The summed E-state index contributed by atoms with van der Waals surface area (Å²) in [5, 5.41) is 9.75. The van der Waals surface area contributed by atoms with Crippen LogP contribution in [0, 0.1) is 0 Å². The van der Waals surface area contributed by atoms with Crippen molar-refractivity contribution in [2.45, 2.75) is 19.4 Å². The van der Waals surface area contributed by atoms with E-state index in [1.165, 1.54) is 6.08 Å². The fraction of sp³-hybridized carbons (Fsp3) is 0.235. The van der Waals surface area contributed by atoms with Crippen molar-refractivity contribution in [2.75, 3.05) is 6.61 Å². The van der Waals surface area contributed by atoms with E-state index in [1.54, 1.807) is 31.2 Å². The van der Waals surface area contributed by atoms with Crippen molar-refractivity contribution >= 4 is 12.0 Å². The average molecular weight is 272 g/mol. The van der Waals surface area contributed by atoms with Crippen LogP contribution in [0.2, 0.25) is 0 Å². The summed E-state index contributed by atoms with van der Waals surface area (Å²) in [4.78, 5) is 11.0. The van der Waals surface area contributed by atoms with Gasteiger partial charge in [-0.15, -0.1) is 0 Å². The molecule has 0 spiro atoms. The van der Waals surface area contributed by atoms with Crippen LogP contribution < -0.4 is 0 Å². The first-order chi connectivity index (χ1) is 9.72. The molecule has 0 saturated heterocycles. The first-order valence-corrected chi connectivity index (χ1v) is 6.63. The number of hydrogen-bond donors (Lipinski definition) is 1. The number of esters is 1. The maximum atomic E-state index is 11.0. The number of carbonyl (C=O) groups is 1. The van der Waals surface area contributed by atoms with E-state index in [1.807, 2.05) is 36.4 Å². The summed E-state index contributed by atoms with van der Waals surface area (Å²) in [5.41, 5.74) is 1.05. The van der Waals surface area contributed by atoms with Gasteiger partial charge in [0.1, 0.15) is 0 Å². The smallest absolute Gasteiger partial charge is 0.330 e. The summed E-state index contributed by atoms with van der Waals surface area (Å²) in [6.07, 6.45) is 10.1. The quantitative estimate of drug-likeness (QED) is 0.471. The zero-order valence-corrected chi connectivity index (χ0v) is 11.6. The molecular formula is C17H20O3. The van der Waals surface area contributed by atoms with E-state index in [4.69, 9.17) is 4.74 Å². The number of aliphatic hydroxyl groups is 1. The molecule has 3 heteroatoms. The lowest BCUT2D eigenvalue weighted by atomic mass is 10.1. The van der Waals surface area contributed by atoms with Crippen LogP contribution in [-0.2, 0) is 9.53 Å². The zero-order valence-electron chi connectivity index (χ0n) is 11.6. The molecule has 0 aliphatic heterocycles. The van der Waals surface area contributed by atoms with Gasteiger partial charge in [-0.25, -0.2) is 4.79 Å². The number of rotatable bonds is 7. The summed E-state index contributed by atoms with van der Waals surface area (Å²) < 4.78 is 4.74. The minimum absolute atomic E-state index is 0.360. The van der Waals surface area contributed by atoms with E-state index in [0.29, 0.717) is 13.0 Å². The monoisotopic (exact) mass is 272 g/mol. The normalized spacial score (nSPS) is 13.3. The molecular weight excluding hydrogens is 252 g/mol. The third-order valence-corrected chi connectivity index (χ3v) is 2.45. The van der Waals surface area contributed by atoms with Gasteiger partial charge in [0.15, 0.2) is 0 Å². The molecule has 0 amide bonds. The maximum Gasteiger partial charge on any atom is 0.330 e. The Hall–Kier alpha value is -2.13. The van der Waals surface area contributed by atoms with Crippen molar-refractivity contribution in [1.29, 1.82) is 0 Å². The number of ether oxygens (including phenoxy) is 1. The van der Waals surface area contributed by atoms with Crippen LogP contribution in [-0.4, -0.2) is 23.8 Å². The van der Waals surface area contributed by atoms with Crippen LogP contribution in [0.25, 0.3) is 6.08 Å². The Labute approximate surface area is 119 Å². The highest BCUT2D eigenvalue weighted by Crippen LogP contribution is 2.04. The third-order valence-electron chi connectivity index (χ3n) is 2.45. The standard InChI is InChI=1S/C17H20O3/c1-2-20-17(19)12-8-4-7-11-16(18)14-13-15-9-5-3-6-10-15/h3-10,12-14,16,18H,2,11H2,1H3/b7-4-,12-8-,14-13+. The fourth-order valence-corrected chi connectivity index (χ4v) is 1.49. The molecule has 1 aromatic carbocycles. The van der Waals surface area contributed by atoms with Gasteiger partial charge in [0, 0.05) is 6.08 Å². The Bertz CT molecular complexity index is 472. The summed E-state index contributed by atoms with van der Waals surface area (Å²) in [6.45, 7) is 2.13. The molecule has 0 aliphatic rings. The van der Waals surface area contributed by atoms with Gasteiger partial charge in [-0.05, 0) is 18.9 Å². The summed E-state index contributed by atoms with van der Waals surface area (Å²) >= 11 is 0. The third kappa shape index (κ3) is 7.34. The van der Waals surface area contributed by atoms with Crippen LogP contribution in [0.4, 0.5) is 0 Å². The van der Waals surface area contributed by atoms with E-state index >= 15 is 0 Å². The van der Waals surface area contributed by atoms with Crippen molar-refractivity contribution < 1.29 is 14.6 Å². The molecule has 0 fully saturated rings. The topological polar surface area (TPSA) is 46.5 Å². The summed E-state index contributed by atoms with van der Waals surface area (Å²) in [5.74, 6) is -0.360. The van der Waals surface area contributed by atoms with Gasteiger partial charge in [-0.3, -0.25) is 0 Å². The lowest BCUT2D eigenvalue weighted by Crippen LogP contribution is -1.99. The van der Waals surface area contributed by atoms with Gasteiger partial charge < -0.3 is 9.84 Å². The lowest BCUT2D eigenvalue weighted by Gasteiger charge is -2.00. The number of hydrogen-bond acceptors (Lipinski definition) is 3. The van der Waals surface area contributed by atoms with Gasteiger partial charge in [0.2, 0.25) is 0 Å². The van der Waals surface area contributed by atoms with Crippen LogP contribution in [0.5, 0.6) is 0 Å². The Balaban J connectivity index is 2.31. The highest BCUT2D eigenvalue weighted by atomic mass is 16.5. The van der Waals surface area contributed by atoms with E-state index < -0.39 is 6.10 Å². The highest BCUT2D eigenvalue weighted by Gasteiger charge is 1.95. The molecule has 0 radical (unpaired) electrons. The average Bonchev–Trinajstić information content (AvgIpc) is 2.46. The van der Waals surface area contributed by atoms with Gasteiger partial charge >= 0.3 is 5.97 Å².